The van der Waals surface area contributed by atoms with E-state index in [-0.39, 0.29) is 6.71 Å². The Morgan fingerprint density at radius 2 is 0.929 bits per heavy atom. The molecule has 6 aromatic carbocycles. The third-order valence-corrected chi connectivity index (χ3v) is 8.74. The summed E-state index contributed by atoms with van der Waals surface area (Å²) in [6.45, 7) is 0.0509. The van der Waals surface area contributed by atoms with E-state index in [1.807, 2.05) is 0 Å². The number of anilines is 6. The van der Waals surface area contributed by atoms with E-state index < -0.39 is 0 Å². The third kappa shape index (κ3) is 3.18. The van der Waals surface area contributed by atoms with Gasteiger partial charge in [0.25, 0.3) is 6.71 Å². The molecule has 1 aromatic heterocycles. The number of hydrogen-bond acceptors (Lipinski definition) is 2. The number of nitrogens with zero attached hydrogens (tertiary/aromatic N) is 3. The zero-order valence-electron chi connectivity index (χ0n) is 22.9. The van der Waals surface area contributed by atoms with Crippen LogP contribution in [-0.4, -0.2) is 11.3 Å². The molecular formula is C38H26BN3. The summed E-state index contributed by atoms with van der Waals surface area (Å²) in [6.07, 6.45) is 0. The summed E-state index contributed by atoms with van der Waals surface area (Å²) < 4.78 is 2.50. The molecular weight excluding hydrogens is 509 g/mol. The van der Waals surface area contributed by atoms with Crippen molar-refractivity contribution in [1.29, 1.82) is 0 Å². The van der Waals surface area contributed by atoms with Crippen molar-refractivity contribution in [3.8, 4) is 5.69 Å². The van der Waals surface area contributed by atoms with Gasteiger partial charge in [0.05, 0.1) is 11.2 Å². The lowest BCUT2D eigenvalue weighted by Gasteiger charge is -2.43. The van der Waals surface area contributed by atoms with Crippen LogP contribution in [0.15, 0.2) is 158 Å². The topological polar surface area (TPSA) is 11.4 Å². The molecule has 0 amide bonds. The van der Waals surface area contributed by atoms with E-state index in [4.69, 9.17) is 0 Å². The van der Waals surface area contributed by atoms with Gasteiger partial charge in [-0.15, -0.1) is 0 Å². The van der Waals surface area contributed by atoms with E-state index in [2.05, 4.69) is 172 Å². The Morgan fingerprint density at radius 1 is 0.405 bits per heavy atom. The first-order chi connectivity index (χ1) is 20.9. The average molecular weight is 535 g/mol. The maximum Gasteiger partial charge on any atom is 0.273 e. The average Bonchev–Trinajstić information content (AvgIpc) is 3.41. The van der Waals surface area contributed by atoms with Gasteiger partial charge in [-0.25, -0.2) is 0 Å². The molecule has 0 aliphatic carbocycles. The molecule has 196 valence electrons. The largest absolute Gasteiger partial charge is 0.319 e. The molecule has 2 aliphatic rings. The summed E-state index contributed by atoms with van der Waals surface area (Å²) in [7, 11) is 0. The molecule has 0 spiro atoms. The highest BCUT2D eigenvalue weighted by Gasteiger charge is 2.46. The predicted molar refractivity (Wildman–Crippen MR) is 177 cm³/mol. The van der Waals surface area contributed by atoms with Gasteiger partial charge in [0, 0.05) is 45.1 Å². The Bertz CT molecular complexity index is 2100. The standard InChI is InChI=1S/C38H26BN3/c1-4-15-27(16-5-1)40-33-24-13-11-22-31(33)39-36-34(40)25-14-26-35(36)41(28-17-6-2-7-18-28)37-30-21-10-12-23-32(30)42(38(37)39)29-19-8-3-9-20-29/h1-26H. The van der Waals surface area contributed by atoms with Crippen LogP contribution < -0.4 is 26.3 Å². The van der Waals surface area contributed by atoms with E-state index in [9.17, 15) is 0 Å². The SMILES string of the molecule is c1ccc(N2c3ccccc3B3c4c2cccc4N(c2ccccc2)c2c3n(-c3ccccc3)c3ccccc23)cc1. The highest BCUT2D eigenvalue weighted by Crippen LogP contribution is 2.46. The molecule has 0 saturated heterocycles. The van der Waals surface area contributed by atoms with Crippen molar-refractivity contribution >= 4 is 68.3 Å². The Hall–Kier alpha value is -5.48. The van der Waals surface area contributed by atoms with E-state index >= 15 is 0 Å². The third-order valence-electron chi connectivity index (χ3n) is 8.74. The van der Waals surface area contributed by atoms with Crippen molar-refractivity contribution in [2.24, 2.45) is 0 Å². The number of aromatic nitrogens is 1. The van der Waals surface area contributed by atoms with Crippen molar-refractivity contribution in [2.75, 3.05) is 9.80 Å². The highest BCUT2D eigenvalue weighted by atomic mass is 15.2. The molecule has 0 N–H and O–H groups in total. The molecule has 2 aliphatic heterocycles. The first-order valence-corrected chi connectivity index (χ1v) is 14.5. The van der Waals surface area contributed by atoms with Crippen LogP contribution in [0, 0.1) is 0 Å². The molecule has 42 heavy (non-hydrogen) atoms. The fourth-order valence-electron chi connectivity index (χ4n) is 7.15. The van der Waals surface area contributed by atoms with Gasteiger partial charge in [-0.1, -0.05) is 97.1 Å². The predicted octanol–water partition coefficient (Wildman–Crippen LogP) is 7.71. The molecule has 3 nitrogen and oxygen atoms in total. The first kappa shape index (κ1) is 23.3. The van der Waals surface area contributed by atoms with Crippen LogP contribution in [-0.2, 0) is 0 Å². The zero-order valence-corrected chi connectivity index (χ0v) is 22.9. The van der Waals surface area contributed by atoms with Crippen molar-refractivity contribution in [3.05, 3.63) is 158 Å². The van der Waals surface area contributed by atoms with Crippen LogP contribution in [0.25, 0.3) is 16.6 Å². The van der Waals surface area contributed by atoms with Gasteiger partial charge in [0.1, 0.15) is 0 Å². The van der Waals surface area contributed by atoms with Gasteiger partial charge in [-0.05, 0) is 71.6 Å². The minimum absolute atomic E-state index is 0.0509. The van der Waals surface area contributed by atoms with Crippen LogP contribution in [0.1, 0.15) is 0 Å². The van der Waals surface area contributed by atoms with Crippen molar-refractivity contribution < 1.29 is 0 Å². The maximum atomic E-state index is 2.50. The summed E-state index contributed by atoms with van der Waals surface area (Å²) in [4.78, 5) is 4.93. The second kappa shape index (κ2) is 9.02. The minimum atomic E-state index is 0.0509. The number of rotatable bonds is 3. The Labute approximate surface area is 245 Å². The van der Waals surface area contributed by atoms with E-state index in [0.717, 1.165) is 11.4 Å². The van der Waals surface area contributed by atoms with Crippen LogP contribution in [0.2, 0.25) is 0 Å². The fourth-order valence-corrected chi connectivity index (χ4v) is 7.15. The highest BCUT2D eigenvalue weighted by molar-refractivity contribution is 7.00. The van der Waals surface area contributed by atoms with Gasteiger partial charge >= 0.3 is 0 Å². The van der Waals surface area contributed by atoms with Crippen LogP contribution in [0.5, 0.6) is 0 Å². The van der Waals surface area contributed by atoms with Gasteiger partial charge in [-0.3, -0.25) is 0 Å². The molecule has 4 heteroatoms. The normalized spacial score (nSPS) is 13.1. The van der Waals surface area contributed by atoms with Crippen molar-refractivity contribution in [1.82, 2.24) is 4.57 Å². The van der Waals surface area contributed by atoms with E-state index in [0.29, 0.717) is 0 Å². The summed E-state index contributed by atoms with van der Waals surface area (Å²) >= 11 is 0. The molecule has 0 radical (unpaired) electrons. The second-order valence-electron chi connectivity index (χ2n) is 11.0. The number of hydrogen-bond donors (Lipinski definition) is 0. The summed E-state index contributed by atoms with van der Waals surface area (Å²) in [6, 6.07) is 57.0. The monoisotopic (exact) mass is 535 g/mol. The minimum Gasteiger partial charge on any atom is -0.319 e. The molecule has 0 fully saturated rings. The summed E-state index contributed by atoms with van der Waals surface area (Å²) in [5.41, 5.74) is 13.6. The maximum absolute atomic E-state index is 2.50. The molecule has 0 unspecified atom stereocenters. The second-order valence-corrected chi connectivity index (χ2v) is 11.0. The Morgan fingerprint density at radius 3 is 1.64 bits per heavy atom. The lowest BCUT2D eigenvalue weighted by Crippen LogP contribution is -2.62. The quantitative estimate of drug-likeness (QED) is 0.215. The van der Waals surface area contributed by atoms with Gasteiger partial charge in [-0.2, -0.15) is 0 Å². The van der Waals surface area contributed by atoms with Gasteiger partial charge in [0.2, 0.25) is 0 Å². The van der Waals surface area contributed by atoms with Crippen LogP contribution in [0.4, 0.5) is 34.1 Å². The lowest BCUT2D eigenvalue weighted by atomic mass is 9.35. The number of benzene rings is 6. The van der Waals surface area contributed by atoms with E-state index in [1.165, 1.54) is 55.9 Å². The molecule has 0 atom stereocenters. The molecule has 7 aromatic rings. The van der Waals surface area contributed by atoms with Crippen LogP contribution >= 0.6 is 0 Å². The molecule has 9 rings (SSSR count). The smallest absolute Gasteiger partial charge is 0.273 e. The Balaban J connectivity index is 1.47. The molecule has 3 heterocycles. The molecule has 0 bridgehead atoms. The molecule has 0 saturated carbocycles. The number of para-hydroxylation sites is 5. The van der Waals surface area contributed by atoms with Crippen LogP contribution in [0.3, 0.4) is 0 Å². The van der Waals surface area contributed by atoms with Crippen molar-refractivity contribution in [3.63, 3.8) is 0 Å². The van der Waals surface area contributed by atoms with Gasteiger partial charge in [0.15, 0.2) is 0 Å². The van der Waals surface area contributed by atoms with E-state index in [1.54, 1.807) is 0 Å². The fraction of sp³-hybridized carbons (Fsp3) is 0. The van der Waals surface area contributed by atoms with Gasteiger partial charge < -0.3 is 14.4 Å². The summed E-state index contributed by atoms with van der Waals surface area (Å²) in [5, 5.41) is 1.25. The first-order valence-electron chi connectivity index (χ1n) is 14.5. The zero-order chi connectivity index (χ0) is 27.6. The number of fused-ring (bicyclic) bond motifs is 6. The van der Waals surface area contributed by atoms with Crippen molar-refractivity contribution in [2.45, 2.75) is 0 Å². The Kier molecular flexibility index (Phi) is 4.99. The lowest BCUT2D eigenvalue weighted by molar-refractivity contribution is 1.15. The summed E-state index contributed by atoms with van der Waals surface area (Å²) in [5.74, 6) is 0.